The molecule has 0 spiro atoms. The average molecular weight is 659 g/mol. The Hall–Kier alpha value is -3.35. The number of β-amino-alcohol motifs (C(OH)–C–C–N with tert-alkyl or cyclic N) is 1. The van der Waals surface area contributed by atoms with Crippen LogP contribution >= 0.6 is 0 Å². The Bertz CT molecular complexity index is 1590. The number of hydrogen-bond donors (Lipinski definition) is 2. The standard InChI is InChI=1S/C35H42F4N4O4/c1-30(2,36)29-40-28(41-47-29)33-15-12-32(13-16-33,14-17-33)20-43(27(44)19-42-21-34(46,22-42)35(37,38)39)26-7-5-6-24(18-26)23-8-10-25(11-9-23)31(3,4)45/h5-11,18,45-46H,12-17,19-22H2,1-4H3. The summed E-state index contributed by atoms with van der Waals surface area (Å²) in [6.45, 7) is 5.00. The fourth-order valence-corrected chi connectivity index (χ4v) is 7.36. The molecule has 1 aromatic heterocycles. The van der Waals surface area contributed by atoms with Crippen molar-refractivity contribution >= 4 is 11.6 Å². The Balaban J connectivity index is 1.24. The second-order valence-corrected chi connectivity index (χ2v) is 15.0. The number of benzene rings is 2. The second kappa shape index (κ2) is 11.4. The first-order valence-corrected chi connectivity index (χ1v) is 16.1. The predicted octanol–water partition coefficient (Wildman–Crippen LogP) is 6.40. The number of fused-ring (bicyclic) bond motifs is 3. The Morgan fingerprint density at radius 2 is 1.55 bits per heavy atom. The van der Waals surface area contributed by atoms with Gasteiger partial charge in [0.25, 0.3) is 5.89 Å². The third kappa shape index (κ3) is 6.44. The fourth-order valence-electron chi connectivity index (χ4n) is 7.36. The number of carbonyl (C=O) groups is 1. The highest BCUT2D eigenvalue weighted by atomic mass is 19.4. The van der Waals surface area contributed by atoms with Gasteiger partial charge in [-0.15, -0.1) is 0 Å². The van der Waals surface area contributed by atoms with Crippen molar-refractivity contribution in [3.8, 4) is 11.1 Å². The molecular weight excluding hydrogens is 616 g/mol. The molecule has 4 aliphatic rings. The summed E-state index contributed by atoms with van der Waals surface area (Å²) in [5.74, 6) is 0.144. The summed E-state index contributed by atoms with van der Waals surface area (Å²) in [6.07, 6.45) is -0.201. The molecule has 0 unspecified atom stereocenters. The molecule has 12 heteroatoms. The monoisotopic (exact) mass is 658 g/mol. The van der Waals surface area contributed by atoms with E-state index in [4.69, 9.17) is 4.52 Å². The number of rotatable bonds is 9. The number of amides is 1. The molecule has 4 fully saturated rings. The molecular formula is C35H42F4N4O4. The molecule has 7 rings (SSSR count). The minimum Gasteiger partial charge on any atom is -0.386 e. The van der Waals surface area contributed by atoms with Crippen LogP contribution in [0.25, 0.3) is 11.1 Å². The quantitative estimate of drug-likeness (QED) is 0.257. The van der Waals surface area contributed by atoms with Crippen LogP contribution < -0.4 is 4.90 Å². The average Bonchev–Trinajstić information content (AvgIpc) is 3.52. The van der Waals surface area contributed by atoms with E-state index in [1.165, 1.54) is 18.7 Å². The molecule has 254 valence electrons. The van der Waals surface area contributed by atoms with Gasteiger partial charge in [0.05, 0.1) is 12.1 Å². The van der Waals surface area contributed by atoms with Crippen LogP contribution in [0.15, 0.2) is 53.1 Å². The molecule has 3 aliphatic carbocycles. The molecule has 1 aliphatic heterocycles. The van der Waals surface area contributed by atoms with E-state index in [0.29, 0.717) is 18.1 Å². The van der Waals surface area contributed by atoms with E-state index in [1.54, 1.807) is 18.7 Å². The third-order valence-electron chi connectivity index (χ3n) is 10.5. The molecule has 1 amide bonds. The first-order valence-electron chi connectivity index (χ1n) is 16.1. The summed E-state index contributed by atoms with van der Waals surface area (Å²) in [6, 6.07) is 15.0. The summed E-state index contributed by atoms with van der Waals surface area (Å²) in [7, 11) is 0. The zero-order chi connectivity index (χ0) is 34.0. The molecule has 2 N–H and O–H groups in total. The van der Waals surface area contributed by atoms with Gasteiger partial charge in [-0.3, -0.25) is 9.69 Å². The largest absolute Gasteiger partial charge is 0.419 e. The second-order valence-electron chi connectivity index (χ2n) is 15.0. The van der Waals surface area contributed by atoms with Crippen molar-refractivity contribution in [3.63, 3.8) is 0 Å². The number of nitrogens with zero attached hydrogens (tertiary/aromatic N) is 4. The van der Waals surface area contributed by atoms with Gasteiger partial charge in [0.15, 0.2) is 17.1 Å². The highest BCUT2D eigenvalue weighted by molar-refractivity contribution is 5.95. The van der Waals surface area contributed by atoms with Crippen LogP contribution in [0.4, 0.5) is 23.2 Å². The van der Waals surface area contributed by atoms with Gasteiger partial charge < -0.3 is 19.6 Å². The number of carbonyl (C=O) groups excluding carboxylic acids is 1. The molecule has 0 atom stereocenters. The molecule has 1 saturated heterocycles. The highest BCUT2D eigenvalue weighted by Gasteiger charge is 2.61. The lowest BCUT2D eigenvalue weighted by Gasteiger charge is -2.53. The Kier molecular flexibility index (Phi) is 8.12. The van der Waals surface area contributed by atoms with E-state index in [-0.39, 0.29) is 29.2 Å². The fraction of sp³-hybridized carbons (Fsp3) is 0.571. The minimum atomic E-state index is -4.77. The lowest BCUT2D eigenvalue weighted by Crippen LogP contribution is -2.70. The van der Waals surface area contributed by atoms with Crippen molar-refractivity contribution in [2.45, 2.75) is 94.7 Å². The molecule has 8 nitrogen and oxygen atoms in total. The van der Waals surface area contributed by atoms with E-state index in [9.17, 15) is 32.6 Å². The molecule has 2 bridgehead atoms. The number of anilines is 1. The topological polar surface area (TPSA) is 103 Å². The van der Waals surface area contributed by atoms with Crippen molar-refractivity contribution in [3.05, 3.63) is 65.8 Å². The molecule has 3 aromatic rings. The predicted molar refractivity (Wildman–Crippen MR) is 167 cm³/mol. The Morgan fingerprint density at radius 3 is 2.09 bits per heavy atom. The van der Waals surface area contributed by atoms with E-state index in [1.807, 2.05) is 48.5 Å². The number of halogens is 4. The van der Waals surface area contributed by atoms with Crippen LogP contribution in [-0.4, -0.2) is 69.1 Å². The van der Waals surface area contributed by atoms with Crippen LogP contribution in [0.1, 0.15) is 83.5 Å². The third-order valence-corrected chi connectivity index (χ3v) is 10.5. The van der Waals surface area contributed by atoms with Crippen molar-refractivity contribution in [2.75, 3.05) is 31.1 Å². The zero-order valence-corrected chi connectivity index (χ0v) is 27.2. The zero-order valence-electron chi connectivity index (χ0n) is 27.2. The summed E-state index contributed by atoms with van der Waals surface area (Å²) in [5, 5.41) is 24.5. The van der Waals surface area contributed by atoms with Gasteiger partial charge in [0.2, 0.25) is 5.91 Å². The van der Waals surface area contributed by atoms with Crippen LogP contribution in [0.2, 0.25) is 0 Å². The van der Waals surface area contributed by atoms with Gasteiger partial charge in [-0.1, -0.05) is 41.6 Å². The van der Waals surface area contributed by atoms with Gasteiger partial charge in [0, 0.05) is 30.7 Å². The SMILES string of the molecule is CC(C)(O)c1ccc(-c2cccc(N(CC34CCC(c5noc(C(C)(C)F)n5)(CC3)CC4)C(=O)CN3CC(O)(C(F)(F)F)C3)c2)cc1. The van der Waals surface area contributed by atoms with E-state index in [0.717, 1.165) is 55.2 Å². The van der Waals surface area contributed by atoms with Crippen LogP contribution in [0, 0.1) is 5.41 Å². The van der Waals surface area contributed by atoms with Crippen LogP contribution in [-0.2, 0) is 21.5 Å². The summed E-state index contributed by atoms with van der Waals surface area (Å²) >= 11 is 0. The summed E-state index contributed by atoms with van der Waals surface area (Å²) < 4.78 is 59.7. The molecule has 2 heterocycles. The number of hydrogen-bond acceptors (Lipinski definition) is 7. The van der Waals surface area contributed by atoms with Gasteiger partial charge in [-0.05, 0) is 100 Å². The number of likely N-dealkylation sites (tertiary alicyclic amines) is 1. The molecule has 0 radical (unpaired) electrons. The minimum absolute atomic E-state index is 0.0425. The van der Waals surface area contributed by atoms with E-state index < -0.39 is 36.1 Å². The lowest BCUT2D eigenvalue weighted by atomic mass is 9.53. The summed E-state index contributed by atoms with van der Waals surface area (Å²) in [4.78, 5) is 21.4. The summed E-state index contributed by atoms with van der Waals surface area (Å²) in [5.41, 5.74) is -2.96. The van der Waals surface area contributed by atoms with Crippen LogP contribution in [0.5, 0.6) is 0 Å². The van der Waals surface area contributed by atoms with Crippen molar-refractivity contribution in [1.82, 2.24) is 15.0 Å². The van der Waals surface area contributed by atoms with Gasteiger partial charge in [0.1, 0.15) is 0 Å². The van der Waals surface area contributed by atoms with Gasteiger partial charge >= 0.3 is 6.18 Å². The first-order chi connectivity index (χ1) is 21.8. The van der Waals surface area contributed by atoms with Crippen molar-refractivity contribution < 1.29 is 37.1 Å². The molecule has 3 saturated carbocycles. The molecule has 47 heavy (non-hydrogen) atoms. The van der Waals surface area contributed by atoms with Crippen molar-refractivity contribution in [2.24, 2.45) is 5.41 Å². The Morgan fingerprint density at radius 1 is 0.936 bits per heavy atom. The Labute approximate surface area is 271 Å². The van der Waals surface area contributed by atoms with E-state index >= 15 is 0 Å². The first kappa shape index (κ1) is 33.5. The van der Waals surface area contributed by atoms with Gasteiger partial charge in [-0.25, -0.2) is 4.39 Å². The lowest BCUT2D eigenvalue weighted by molar-refractivity contribution is -0.300. The number of alkyl halides is 4. The van der Waals surface area contributed by atoms with Crippen LogP contribution in [0.3, 0.4) is 0 Å². The molecule has 2 aromatic carbocycles. The van der Waals surface area contributed by atoms with E-state index in [2.05, 4.69) is 10.1 Å². The number of aromatic nitrogens is 2. The van der Waals surface area contributed by atoms with Gasteiger partial charge in [-0.2, -0.15) is 18.2 Å². The maximum absolute atomic E-state index is 14.5. The maximum Gasteiger partial charge on any atom is 0.419 e. The highest BCUT2D eigenvalue weighted by Crippen LogP contribution is 2.58. The maximum atomic E-state index is 14.5. The number of aliphatic hydroxyl groups is 2. The smallest absolute Gasteiger partial charge is 0.386 e. The normalized spacial score (nSPS) is 24.6. The van der Waals surface area contributed by atoms with Crippen molar-refractivity contribution in [1.29, 1.82) is 0 Å².